The molecule has 68 valence electrons. The fourth-order valence-corrected chi connectivity index (χ4v) is 1.07. The summed E-state index contributed by atoms with van der Waals surface area (Å²) in [6, 6.07) is 2.15. The fraction of sp³-hybridized carbons (Fsp3) is 0.545. The molecule has 0 aliphatic carbocycles. The van der Waals surface area contributed by atoms with Crippen LogP contribution in [0.4, 0.5) is 0 Å². The van der Waals surface area contributed by atoms with Crippen molar-refractivity contribution in [2.24, 2.45) is 0 Å². The maximum Gasteiger partial charge on any atom is 0.0375 e. The molecule has 0 aromatic carbocycles. The molecule has 0 N–H and O–H groups in total. The number of hydrogen-bond acceptors (Lipinski definition) is 1. The van der Waals surface area contributed by atoms with Gasteiger partial charge in [-0.3, -0.25) is 4.98 Å². The molecule has 0 aliphatic heterocycles. The summed E-state index contributed by atoms with van der Waals surface area (Å²) in [4.78, 5) is 4.19. The zero-order chi connectivity index (χ0) is 9.56. The van der Waals surface area contributed by atoms with Crippen molar-refractivity contribution in [3.63, 3.8) is 0 Å². The van der Waals surface area contributed by atoms with Gasteiger partial charge in [0.2, 0.25) is 0 Å². The smallest absolute Gasteiger partial charge is 0.0375 e. The van der Waals surface area contributed by atoms with Gasteiger partial charge in [0.15, 0.2) is 0 Å². The molecule has 0 unspecified atom stereocenters. The van der Waals surface area contributed by atoms with E-state index in [1.54, 1.807) is 0 Å². The van der Waals surface area contributed by atoms with Crippen LogP contribution in [0.3, 0.4) is 0 Å². The zero-order valence-corrected chi connectivity index (χ0v) is 8.81. The molecular formula is C11H19N. The first-order valence-electron chi connectivity index (χ1n) is 4.66. The first-order chi connectivity index (χ1) is 5.74. The van der Waals surface area contributed by atoms with E-state index in [1.165, 1.54) is 11.1 Å². The summed E-state index contributed by atoms with van der Waals surface area (Å²) < 4.78 is 0. The Labute approximate surface area is 75.8 Å². The predicted octanol–water partition coefficient (Wildman–Crippen LogP) is 3.29. The fourth-order valence-electron chi connectivity index (χ4n) is 1.07. The molecule has 1 nitrogen and oxygen atoms in total. The van der Waals surface area contributed by atoms with E-state index in [2.05, 4.69) is 24.9 Å². The third kappa shape index (κ3) is 3.04. The molecule has 0 spiro atoms. The topological polar surface area (TPSA) is 12.9 Å². The second kappa shape index (κ2) is 5.76. The monoisotopic (exact) mass is 165 g/mol. The summed E-state index contributed by atoms with van der Waals surface area (Å²) in [5.41, 5.74) is 3.82. The highest BCUT2D eigenvalue weighted by Crippen LogP contribution is 2.07. The molecule has 1 heterocycles. The van der Waals surface area contributed by atoms with Crippen LogP contribution >= 0.6 is 0 Å². The van der Waals surface area contributed by atoms with E-state index in [0.29, 0.717) is 0 Å². The predicted molar refractivity (Wildman–Crippen MR) is 54.4 cm³/mol. The Kier molecular flexibility index (Phi) is 5.35. The molecule has 0 radical (unpaired) electrons. The van der Waals surface area contributed by atoms with Crippen LogP contribution in [-0.4, -0.2) is 4.98 Å². The summed E-state index contributed by atoms with van der Waals surface area (Å²) in [5, 5.41) is 0. The second-order valence-corrected chi connectivity index (χ2v) is 2.61. The van der Waals surface area contributed by atoms with Crippen molar-refractivity contribution in [3.8, 4) is 0 Å². The van der Waals surface area contributed by atoms with E-state index in [9.17, 15) is 0 Å². The van der Waals surface area contributed by atoms with Crippen LogP contribution in [0, 0.1) is 13.8 Å². The minimum absolute atomic E-state index is 1.11. The Bertz CT molecular complexity index is 228. The lowest BCUT2D eigenvalue weighted by Crippen LogP contribution is -1.89. The highest BCUT2D eigenvalue weighted by molar-refractivity contribution is 5.24. The van der Waals surface area contributed by atoms with Gasteiger partial charge in [-0.15, -0.1) is 0 Å². The molecule has 0 fully saturated rings. The van der Waals surface area contributed by atoms with E-state index >= 15 is 0 Å². The number of aryl methyl sites for hydroxylation is 3. The van der Waals surface area contributed by atoms with Crippen molar-refractivity contribution in [1.82, 2.24) is 4.98 Å². The zero-order valence-electron chi connectivity index (χ0n) is 8.81. The molecule has 12 heavy (non-hydrogen) atoms. The summed E-state index contributed by atoms with van der Waals surface area (Å²) in [5.74, 6) is 0. The second-order valence-electron chi connectivity index (χ2n) is 2.61. The number of aromatic nitrogens is 1. The first kappa shape index (κ1) is 11.2. The molecule has 1 rings (SSSR count). The molecular weight excluding hydrogens is 146 g/mol. The van der Waals surface area contributed by atoms with Gasteiger partial charge in [0.25, 0.3) is 0 Å². The summed E-state index contributed by atoms with van der Waals surface area (Å²) in [6.45, 7) is 10.3. The first-order valence-corrected chi connectivity index (χ1v) is 4.66. The van der Waals surface area contributed by atoms with Gasteiger partial charge in [-0.2, -0.15) is 0 Å². The minimum Gasteiger partial charge on any atom is -0.261 e. The van der Waals surface area contributed by atoms with Crippen molar-refractivity contribution < 1.29 is 0 Å². The summed E-state index contributed by atoms with van der Waals surface area (Å²) in [6.07, 6.45) is 3.04. The SMILES string of the molecule is CC.CCc1cc(C)ncc1C. The van der Waals surface area contributed by atoms with Gasteiger partial charge >= 0.3 is 0 Å². The van der Waals surface area contributed by atoms with Crippen LogP contribution in [0.5, 0.6) is 0 Å². The molecule has 0 amide bonds. The van der Waals surface area contributed by atoms with Crippen molar-refractivity contribution in [1.29, 1.82) is 0 Å². The van der Waals surface area contributed by atoms with Gasteiger partial charge < -0.3 is 0 Å². The Morgan fingerprint density at radius 2 is 1.83 bits per heavy atom. The van der Waals surface area contributed by atoms with E-state index in [1.807, 2.05) is 27.0 Å². The number of pyridine rings is 1. The average molecular weight is 165 g/mol. The lowest BCUT2D eigenvalue weighted by Gasteiger charge is -2.01. The number of hydrogen-bond donors (Lipinski definition) is 0. The third-order valence-electron chi connectivity index (χ3n) is 1.73. The molecule has 1 aromatic heterocycles. The van der Waals surface area contributed by atoms with Gasteiger partial charge in [-0.1, -0.05) is 20.8 Å². The molecule has 0 saturated heterocycles. The van der Waals surface area contributed by atoms with Gasteiger partial charge in [0.05, 0.1) is 0 Å². The number of rotatable bonds is 1. The Balaban J connectivity index is 0.000000561. The molecule has 0 bridgehead atoms. The van der Waals surface area contributed by atoms with E-state index in [4.69, 9.17) is 0 Å². The minimum atomic E-state index is 1.11. The van der Waals surface area contributed by atoms with Crippen LogP contribution < -0.4 is 0 Å². The third-order valence-corrected chi connectivity index (χ3v) is 1.73. The molecule has 0 atom stereocenters. The van der Waals surface area contributed by atoms with E-state index in [-0.39, 0.29) is 0 Å². The summed E-state index contributed by atoms with van der Waals surface area (Å²) >= 11 is 0. The van der Waals surface area contributed by atoms with Crippen molar-refractivity contribution in [3.05, 3.63) is 29.1 Å². The Hall–Kier alpha value is -0.850. The highest BCUT2D eigenvalue weighted by Gasteiger charge is 1.94. The van der Waals surface area contributed by atoms with Gasteiger partial charge in [0.1, 0.15) is 0 Å². The van der Waals surface area contributed by atoms with Crippen molar-refractivity contribution in [2.45, 2.75) is 41.0 Å². The highest BCUT2D eigenvalue weighted by atomic mass is 14.7. The van der Waals surface area contributed by atoms with Gasteiger partial charge in [-0.05, 0) is 37.5 Å². The van der Waals surface area contributed by atoms with E-state index < -0.39 is 0 Å². The van der Waals surface area contributed by atoms with Gasteiger partial charge in [-0.25, -0.2) is 0 Å². The lowest BCUT2D eigenvalue weighted by atomic mass is 10.1. The van der Waals surface area contributed by atoms with Crippen LogP contribution in [0.2, 0.25) is 0 Å². The maximum absolute atomic E-state index is 4.19. The van der Waals surface area contributed by atoms with Crippen LogP contribution in [0.15, 0.2) is 12.3 Å². The Morgan fingerprint density at radius 3 is 2.25 bits per heavy atom. The standard InChI is InChI=1S/C9H13N.C2H6/c1-4-9-5-8(3)10-6-7(9)2;1-2/h5-6H,4H2,1-3H3;1-2H3. The molecule has 0 saturated carbocycles. The van der Waals surface area contributed by atoms with Crippen LogP contribution in [0.1, 0.15) is 37.6 Å². The quantitative estimate of drug-likeness (QED) is 0.622. The molecule has 1 heteroatoms. The van der Waals surface area contributed by atoms with Crippen LogP contribution in [-0.2, 0) is 6.42 Å². The normalized spacial score (nSPS) is 8.75. The van der Waals surface area contributed by atoms with Crippen molar-refractivity contribution >= 4 is 0 Å². The van der Waals surface area contributed by atoms with Crippen LogP contribution in [0.25, 0.3) is 0 Å². The summed E-state index contributed by atoms with van der Waals surface area (Å²) in [7, 11) is 0. The Morgan fingerprint density at radius 1 is 1.25 bits per heavy atom. The lowest BCUT2D eigenvalue weighted by molar-refractivity contribution is 1.05. The molecule has 1 aromatic rings. The van der Waals surface area contributed by atoms with Crippen molar-refractivity contribution in [2.75, 3.05) is 0 Å². The molecule has 0 aliphatic rings. The van der Waals surface area contributed by atoms with Gasteiger partial charge in [0, 0.05) is 11.9 Å². The average Bonchev–Trinajstić information content (AvgIpc) is 2.13. The van der Waals surface area contributed by atoms with E-state index in [0.717, 1.165) is 12.1 Å². The maximum atomic E-state index is 4.19. The largest absolute Gasteiger partial charge is 0.261 e. The number of nitrogens with zero attached hydrogens (tertiary/aromatic N) is 1.